The van der Waals surface area contributed by atoms with Gasteiger partial charge in [-0.15, -0.1) is 0 Å². The molecule has 1 N–H and O–H groups in total. The van der Waals surface area contributed by atoms with Crippen molar-refractivity contribution in [1.82, 2.24) is 0 Å². The van der Waals surface area contributed by atoms with Crippen molar-refractivity contribution in [2.45, 2.75) is 19.4 Å². The minimum Gasteiger partial charge on any atom is -0.388 e. The molecule has 0 aliphatic rings. The minimum absolute atomic E-state index is 0.0425. The normalized spacial score (nSPS) is 12.5. The van der Waals surface area contributed by atoms with Gasteiger partial charge in [0.2, 0.25) is 0 Å². The molecule has 2 aromatic rings. The maximum Gasteiger partial charge on any atom is 0.162 e. The van der Waals surface area contributed by atoms with Gasteiger partial charge in [-0.1, -0.05) is 40.2 Å². The summed E-state index contributed by atoms with van der Waals surface area (Å²) in [6, 6.07) is 9.44. The molecule has 0 aromatic heterocycles. The summed E-state index contributed by atoms with van der Waals surface area (Å²) in [5.74, 6) is -1.79. The van der Waals surface area contributed by atoms with Crippen LogP contribution in [0.2, 0.25) is 0 Å². The summed E-state index contributed by atoms with van der Waals surface area (Å²) >= 11 is 3.38. The Labute approximate surface area is 119 Å². The predicted molar refractivity (Wildman–Crippen MR) is 73.9 cm³/mol. The molecule has 0 aliphatic carbocycles. The van der Waals surface area contributed by atoms with Crippen LogP contribution < -0.4 is 0 Å². The summed E-state index contributed by atoms with van der Waals surface area (Å²) in [7, 11) is 0. The Hall–Kier alpha value is -1.26. The second-order valence-corrected chi connectivity index (χ2v) is 5.24. The number of hydrogen-bond acceptors (Lipinski definition) is 1. The fraction of sp³-hybridized carbons (Fsp3) is 0.200. The van der Waals surface area contributed by atoms with Crippen molar-refractivity contribution in [3.05, 3.63) is 69.2 Å². The lowest BCUT2D eigenvalue weighted by Gasteiger charge is -2.15. The first-order valence-corrected chi connectivity index (χ1v) is 6.66. The van der Waals surface area contributed by atoms with Crippen molar-refractivity contribution >= 4 is 15.9 Å². The fourth-order valence-electron chi connectivity index (χ4n) is 2.01. The quantitative estimate of drug-likeness (QED) is 0.891. The molecule has 1 atom stereocenters. The highest BCUT2D eigenvalue weighted by atomic mass is 79.9. The molecular weight excluding hydrogens is 314 g/mol. The van der Waals surface area contributed by atoms with E-state index in [9.17, 15) is 13.9 Å². The van der Waals surface area contributed by atoms with Crippen LogP contribution in [0, 0.1) is 18.6 Å². The molecule has 0 fully saturated rings. The van der Waals surface area contributed by atoms with Gasteiger partial charge in [-0.05, 0) is 35.7 Å². The fourth-order valence-corrected chi connectivity index (χ4v) is 2.39. The lowest BCUT2D eigenvalue weighted by Crippen LogP contribution is -2.06. The van der Waals surface area contributed by atoms with Crippen LogP contribution in [0.1, 0.15) is 22.8 Å². The summed E-state index contributed by atoms with van der Waals surface area (Å²) in [6.45, 7) is 1.87. The van der Waals surface area contributed by atoms with Crippen molar-refractivity contribution < 1.29 is 13.9 Å². The van der Waals surface area contributed by atoms with Crippen LogP contribution in [-0.2, 0) is 6.42 Å². The van der Waals surface area contributed by atoms with Gasteiger partial charge in [0.15, 0.2) is 11.6 Å². The van der Waals surface area contributed by atoms with E-state index in [0.29, 0.717) is 5.56 Å². The van der Waals surface area contributed by atoms with Crippen molar-refractivity contribution in [3.8, 4) is 0 Å². The molecule has 1 unspecified atom stereocenters. The van der Waals surface area contributed by atoms with Crippen LogP contribution in [0.15, 0.2) is 40.9 Å². The van der Waals surface area contributed by atoms with Crippen molar-refractivity contribution in [2.75, 3.05) is 0 Å². The van der Waals surface area contributed by atoms with Crippen LogP contribution in [0.3, 0.4) is 0 Å². The molecule has 2 aromatic carbocycles. The van der Waals surface area contributed by atoms with Gasteiger partial charge in [0.25, 0.3) is 0 Å². The van der Waals surface area contributed by atoms with Gasteiger partial charge in [-0.25, -0.2) is 8.78 Å². The molecule has 0 saturated carbocycles. The smallest absolute Gasteiger partial charge is 0.162 e. The van der Waals surface area contributed by atoms with Crippen molar-refractivity contribution in [2.24, 2.45) is 0 Å². The highest BCUT2D eigenvalue weighted by Crippen LogP contribution is 2.27. The van der Waals surface area contributed by atoms with Gasteiger partial charge >= 0.3 is 0 Å². The molecule has 0 aliphatic heterocycles. The van der Waals surface area contributed by atoms with Gasteiger partial charge in [-0.2, -0.15) is 0 Å². The third kappa shape index (κ3) is 3.01. The van der Waals surface area contributed by atoms with Crippen LogP contribution in [0.5, 0.6) is 0 Å². The van der Waals surface area contributed by atoms with Crippen molar-refractivity contribution in [3.63, 3.8) is 0 Å². The van der Waals surface area contributed by atoms with Crippen LogP contribution in [0.4, 0.5) is 8.78 Å². The lowest BCUT2D eigenvalue weighted by molar-refractivity contribution is 0.176. The van der Waals surface area contributed by atoms with Gasteiger partial charge in [0, 0.05) is 10.9 Å². The Kier molecular flexibility index (Phi) is 4.32. The monoisotopic (exact) mass is 326 g/mol. The Morgan fingerprint density at radius 3 is 2.58 bits per heavy atom. The first kappa shape index (κ1) is 14.2. The molecule has 0 saturated heterocycles. The topological polar surface area (TPSA) is 20.2 Å². The zero-order valence-electron chi connectivity index (χ0n) is 10.3. The first-order valence-electron chi connectivity index (χ1n) is 5.86. The Bertz CT molecular complexity index is 599. The number of rotatable bonds is 3. The van der Waals surface area contributed by atoms with Crippen LogP contribution in [0.25, 0.3) is 0 Å². The number of benzene rings is 2. The average molecular weight is 327 g/mol. The highest BCUT2D eigenvalue weighted by Gasteiger charge is 2.16. The van der Waals surface area contributed by atoms with Gasteiger partial charge in [0.1, 0.15) is 0 Å². The van der Waals surface area contributed by atoms with Gasteiger partial charge < -0.3 is 5.11 Å². The van der Waals surface area contributed by atoms with Crippen LogP contribution >= 0.6 is 15.9 Å². The van der Waals surface area contributed by atoms with E-state index in [1.807, 2.05) is 13.0 Å². The van der Waals surface area contributed by atoms with E-state index in [2.05, 4.69) is 15.9 Å². The molecule has 19 heavy (non-hydrogen) atoms. The zero-order chi connectivity index (χ0) is 14.0. The molecule has 4 heteroatoms. The molecular formula is C15H13BrF2O. The minimum atomic E-state index is -0.894. The standard InChI is InChI=1S/C15H13BrF2O/c1-9-11(5-3-6-12(9)16)14(19)8-10-4-2-7-13(17)15(10)18/h2-7,14,19H,8H2,1H3. The highest BCUT2D eigenvalue weighted by molar-refractivity contribution is 9.10. The molecule has 0 bridgehead atoms. The van der Waals surface area contributed by atoms with E-state index in [1.54, 1.807) is 12.1 Å². The first-order chi connectivity index (χ1) is 9.00. The summed E-state index contributed by atoms with van der Waals surface area (Å²) in [5.41, 5.74) is 1.77. The maximum atomic E-state index is 13.6. The van der Waals surface area contributed by atoms with E-state index in [4.69, 9.17) is 0 Å². The molecule has 1 nitrogen and oxygen atoms in total. The molecule has 0 heterocycles. The summed E-state index contributed by atoms with van der Waals surface area (Å²) < 4.78 is 27.6. The van der Waals surface area contributed by atoms with Gasteiger partial charge in [-0.3, -0.25) is 0 Å². The van der Waals surface area contributed by atoms with E-state index in [-0.39, 0.29) is 12.0 Å². The molecule has 2 rings (SSSR count). The van der Waals surface area contributed by atoms with Gasteiger partial charge in [0.05, 0.1) is 6.10 Å². The third-order valence-electron chi connectivity index (χ3n) is 3.11. The average Bonchev–Trinajstić information content (AvgIpc) is 2.38. The Balaban J connectivity index is 2.28. The third-order valence-corrected chi connectivity index (χ3v) is 3.97. The van der Waals surface area contributed by atoms with Crippen molar-refractivity contribution in [1.29, 1.82) is 0 Å². The SMILES string of the molecule is Cc1c(Br)cccc1C(O)Cc1cccc(F)c1F. The lowest BCUT2D eigenvalue weighted by atomic mass is 9.97. The zero-order valence-corrected chi connectivity index (χ0v) is 11.9. The number of hydrogen-bond donors (Lipinski definition) is 1. The molecule has 100 valence electrons. The number of halogens is 3. The van der Waals surface area contributed by atoms with E-state index < -0.39 is 17.7 Å². The number of aliphatic hydroxyl groups excluding tert-OH is 1. The second-order valence-electron chi connectivity index (χ2n) is 4.39. The number of aliphatic hydroxyl groups is 1. The summed E-state index contributed by atoms with van der Waals surface area (Å²) in [5, 5.41) is 10.2. The summed E-state index contributed by atoms with van der Waals surface area (Å²) in [4.78, 5) is 0. The molecule has 0 spiro atoms. The van der Waals surface area contributed by atoms with Crippen LogP contribution in [-0.4, -0.2) is 5.11 Å². The maximum absolute atomic E-state index is 13.6. The molecule has 0 amide bonds. The second kappa shape index (κ2) is 5.80. The predicted octanol–water partition coefficient (Wildman–Crippen LogP) is 4.31. The molecule has 0 radical (unpaired) electrons. The summed E-state index contributed by atoms with van der Waals surface area (Å²) in [6.07, 6.45) is -0.824. The van der Waals surface area contributed by atoms with E-state index >= 15 is 0 Å². The largest absolute Gasteiger partial charge is 0.388 e. The van der Waals surface area contributed by atoms with E-state index in [0.717, 1.165) is 16.1 Å². The van der Waals surface area contributed by atoms with E-state index in [1.165, 1.54) is 12.1 Å². The Morgan fingerprint density at radius 1 is 1.16 bits per heavy atom. The Morgan fingerprint density at radius 2 is 1.84 bits per heavy atom.